The van der Waals surface area contributed by atoms with Crippen molar-refractivity contribution in [3.8, 4) is 0 Å². The number of benzene rings is 4. The second-order valence-corrected chi connectivity index (χ2v) is 8.05. The maximum absolute atomic E-state index is 13.1. The fraction of sp³-hybridized carbons (Fsp3) is 0.0769. The molecule has 3 nitrogen and oxygen atoms in total. The first-order valence-corrected chi connectivity index (χ1v) is 10.9. The standard InChI is InChI=1S/C26H20O3P/c27-30-28-25(21-13-5-1-6-14-21,22-15-7-2-8-16-22)26(29-30,23-17-9-3-10-18-23)24-19-11-4-12-20-24/h1-20H/q+1. The molecule has 1 saturated heterocycles. The van der Waals surface area contributed by atoms with Gasteiger partial charge in [-0.15, -0.1) is 0 Å². The van der Waals surface area contributed by atoms with Gasteiger partial charge in [0.15, 0.2) is 0 Å². The summed E-state index contributed by atoms with van der Waals surface area (Å²) >= 11 is 0. The molecule has 0 N–H and O–H groups in total. The Morgan fingerprint density at radius 3 is 0.900 bits per heavy atom. The molecule has 0 aliphatic carbocycles. The van der Waals surface area contributed by atoms with E-state index in [1.54, 1.807) is 0 Å². The predicted molar refractivity (Wildman–Crippen MR) is 117 cm³/mol. The molecule has 4 heteroatoms. The van der Waals surface area contributed by atoms with Crippen LogP contribution in [-0.4, -0.2) is 0 Å². The molecule has 1 aliphatic rings. The molecular formula is C26H20O3P+. The lowest BCUT2D eigenvalue weighted by atomic mass is 9.66. The quantitative estimate of drug-likeness (QED) is 0.356. The van der Waals surface area contributed by atoms with Crippen LogP contribution in [0.1, 0.15) is 22.3 Å². The minimum Gasteiger partial charge on any atom is -0.0985 e. The number of rotatable bonds is 4. The van der Waals surface area contributed by atoms with Crippen molar-refractivity contribution in [1.29, 1.82) is 0 Å². The Kier molecular flexibility index (Phi) is 4.80. The molecule has 0 aromatic heterocycles. The van der Waals surface area contributed by atoms with Crippen LogP contribution >= 0.6 is 8.25 Å². The average Bonchev–Trinajstić information content (AvgIpc) is 3.16. The van der Waals surface area contributed by atoms with Gasteiger partial charge >= 0.3 is 8.25 Å². The molecule has 4 aromatic carbocycles. The molecule has 30 heavy (non-hydrogen) atoms. The lowest BCUT2D eigenvalue weighted by Gasteiger charge is -2.39. The summed E-state index contributed by atoms with van der Waals surface area (Å²) in [5.74, 6) is 0. The molecule has 0 bridgehead atoms. The van der Waals surface area contributed by atoms with Gasteiger partial charge in [-0.05, 0) is 22.3 Å². The van der Waals surface area contributed by atoms with Crippen molar-refractivity contribution in [1.82, 2.24) is 0 Å². The lowest BCUT2D eigenvalue weighted by molar-refractivity contribution is 0.00370. The van der Waals surface area contributed by atoms with Gasteiger partial charge in [0.05, 0.1) is 0 Å². The zero-order chi connectivity index (χ0) is 20.4. The van der Waals surface area contributed by atoms with E-state index in [0.29, 0.717) is 0 Å². The van der Waals surface area contributed by atoms with Gasteiger partial charge in [0.1, 0.15) is 0 Å². The van der Waals surface area contributed by atoms with Gasteiger partial charge in [0.25, 0.3) is 0 Å². The van der Waals surface area contributed by atoms with Crippen LogP contribution in [-0.2, 0) is 24.8 Å². The Morgan fingerprint density at radius 1 is 0.433 bits per heavy atom. The Morgan fingerprint density at radius 2 is 0.667 bits per heavy atom. The summed E-state index contributed by atoms with van der Waals surface area (Å²) in [5.41, 5.74) is 1.25. The first-order chi connectivity index (χ1) is 14.8. The first-order valence-electron chi connectivity index (χ1n) is 9.85. The van der Waals surface area contributed by atoms with E-state index in [1.807, 2.05) is 121 Å². The second kappa shape index (κ2) is 7.62. The molecule has 0 spiro atoms. The van der Waals surface area contributed by atoms with Gasteiger partial charge in [-0.25, -0.2) is 0 Å². The fourth-order valence-corrected chi connectivity index (χ4v) is 5.58. The smallest absolute Gasteiger partial charge is 0.0985 e. The van der Waals surface area contributed by atoms with E-state index in [9.17, 15) is 4.57 Å². The maximum Gasteiger partial charge on any atom is 0.700 e. The van der Waals surface area contributed by atoms with E-state index in [-0.39, 0.29) is 0 Å². The fourth-order valence-electron chi connectivity index (χ4n) is 4.42. The molecule has 5 rings (SSSR count). The first kappa shape index (κ1) is 18.9. The number of hydrogen-bond donors (Lipinski definition) is 0. The lowest BCUT2D eigenvalue weighted by Crippen LogP contribution is -2.48. The minimum absolute atomic E-state index is 0.879. The van der Waals surface area contributed by atoms with E-state index in [4.69, 9.17) is 9.05 Å². The highest BCUT2D eigenvalue weighted by Gasteiger charge is 2.73. The van der Waals surface area contributed by atoms with Crippen molar-refractivity contribution < 1.29 is 13.6 Å². The van der Waals surface area contributed by atoms with Gasteiger partial charge in [-0.1, -0.05) is 130 Å². The van der Waals surface area contributed by atoms with Crippen molar-refractivity contribution in [3.05, 3.63) is 144 Å². The largest absolute Gasteiger partial charge is 0.700 e. The van der Waals surface area contributed by atoms with Crippen LogP contribution in [0.15, 0.2) is 121 Å². The zero-order valence-corrected chi connectivity index (χ0v) is 17.1. The monoisotopic (exact) mass is 411 g/mol. The van der Waals surface area contributed by atoms with Gasteiger partial charge in [0.2, 0.25) is 11.2 Å². The van der Waals surface area contributed by atoms with E-state index in [2.05, 4.69) is 0 Å². The molecule has 0 amide bonds. The van der Waals surface area contributed by atoms with Gasteiger partial charge in [-0.3, -0.25) is 0 Å². The van der Waals surface area contributed by atoms with Crippen molar-refractivity contribution in [2.24, 2.45) is 0 Å². The SMILES string of the molecule is O=[P+]1OC(c2ccccc2)(c2ccccc2)C(c2ccccc2)(c2ccccc2)O1. The summed E-state index contributed by atoms with van der Waals surface area (Å²) in [7, 11) is -2.39. The summed E-state index contributed by atoms with van der Waals surface area (Å²) in [6.07, 6.45) is 0. The Hall–Kier alpha value is -3.10. The molecule has 0 unspecified atom stereocenters. The van der Waals surface area contributed by atoms with Crippen molar-refractivity contribution >= 4 is 8.25 Å². The summed E-state index contributed by atoms with van der Waals surface area (Å²) in [5, 5.41) is 0. The highest BCUT2D eigenvalue weighted by atomic mass is 31.1. The van der Waals surface area contributed by atoms with Gasteiger partial charge in [0, 0.05) is 4.57 Å². The van der Waals surface area contributed by atoms with Crippen molar-refractivity contribution in [3.63, 3.8) is 0 Å². The van der Waals surface area contributed by atoms with Crippen molar-refractivity contribution in [2.75, 3.05) is 0 Å². The Balaban J connectivity index is 1.94. The molecule has 1 fully saturated rings. The third-order valence-electron chi connectivity index (χ3n) is 5.64. The highest BCUT2D eigenvalue weighted by molar-refractivity contribution is 7.33. The molecule has 1 aliphatic heterocycles. The van der Waals surface area contributed by atoms with Crippen LogP contribution in [0, 0.1) is 0 Å². The van der Waals surface area contributed by atoms with E-state index < -0.39 is 19.5 Å². The van der Waals surface area contributed by atoms with Crippen LogP contribution in [0.2, 0.25) is 0 Å². The summed E-state index contributed by atoms with van der Waals surface area (Å²) in [4.78, 5) is 0. The molecule has 4 aromatic rings. The normalized spacial score (nSPS) is 17.0. The topological polar surface area (TPSA) is 35.5 Å². The van der Waals surface area contributed by atoms with Crippen molar-refractivity contribution in [2.45, 2.75) is 11.2 Å². The van der Waals surface area contributed by atoms with E-state index in [1.165, 1.54) is 0 Å². The van der Waals surface area contributed by atoms with E-state index in [0.717, 1.165) is 22.3 Å². The molecule has 1 heterocycles. The summed E-state index contributed by atoms with van der Waals surface area (Å²) in [6, 6.07) is 39.6. The Bertz CT molecular complexity index is 974. The maximum atomic E-state index is 13.1. The Labute approximate surface area is 176 Å². The molecule has 0 radical (unpaired) electrons. The van der Waals surface area contributed by atoms with Crippen LogP contribution in [0.25, 0.3) is 0 Å². The molecule has 0 atom stereocenters. The number of hydrogen-bond acceptors (Lipinski definition) is 3. The van der Waals surface area contributed by atoms with Crippen LogP contribution in [0.4, 0.5) is 0 Å². The zero-order valence-electron chi connectivity index (χ0n) is 16.2. The van der Waals surface area contributed by atoms with Crippen LogP contribution in [0.3, 0.4) is 0 Å². The summed E-state index contributed by atoms with van der Waals surface area (Å²) in [6.45, 7) is 0. The van der Waals surface area contributed by atoms with Gasteiger partial charge in [-0.2, -0.15) is 0 Å². The highest BCUT2D eigenvalue weighted by Crippen LogP contribution is 2.66. The summed E-state index contributed by atoms with van der Waals surface area (Å²) < 4.78 is 25.7. The predicted octanol–water partition coefficient (Wildman–Crippen LogP) is 6.58. The second-order valence-electron chi connectivity index (χ2n) is 7.23. The van der Waals surface area contributed by atoms with E-state index >= 15 is 0 Å². The molecule has 0 saturated carbocycles. The van der Waals surface area contributed by atoms with Gasteiger partial charge < -0.3 is 0 Å². The molecule has 146 valence electrons. The van der Waals surface area contributed by atoms with Crippen LogP contribution in [0.5, 0.6) is 0 Å². The van der Waals surface area contributed by atoms with Crippen LogP contribution < -0.4 is 0 Å². The third kappa shape index (κ3) is 2.75. The average molecular weight is 411 g/mol. The third-order valence-corrected chi connectivity index (χ3v) is 6.49. The minimum atomic E-state index is -2.39. The molecular weight excluding hydrogens is 391 g/mol.